The minimum absolute atomic E-state index is 0.0155. The molecule has 5 heteroatoms. The van der Waals surface area contributed by atoms with Gasteiger partial charge in [-0.3, -0.25) is 9.36 Å². The fourth-order valence-corrected chi connectivity index (χ4v) is 1.65. The average Bonchev–Trinajstić information content (AvgIpc) is 2.40. The SMILES string of the molecule is COc1cc(Cn2cnc(C)c(C)c2=O)ccn1. The lowest BCUT2D eigenvalue weighted by Crippen LogP contribution is -2.24. The monoisotopic (exact) mass is 245 g/mol. The van der Waals surface area contributed by atoms with Crippen LogP contribution in [0.4, 0.5) is 0 Å². The van der Waals surface area contributed by atoms with E-state index in [0.29, 0.717) is 18.0 Å². The van der Waals surface area contributed by atoms with Gasteiger partial charge in [0.1, 0.15) is 0 Å². The molecule has 0 aliphatic rings. The molecular formula is C13H15N3O2. The summed E-state index contributed by atoms with van der Waals surface area (Å²) in [5, 5.41) is 0. The average molecular weight is 245 g/mol. The van der Waals surface area contributed by atoms with Crippen molar-refractivity contribution in [3.05, 3.63) is 51.8 Å². The van der Waals surface area contributed by atoms with Gasteiger partial charge in [0.2, 0.25) is 5.88 Å². The van der Waals surface area contributed by atoms with E-state index in [1.165, 1.54) is 0 Å². The van der Waals surface area contributed by atoms with E-state index in [4.69, 9.17) is 4.74 Å². The van der Waals surface area contributed by atoms with Gasteiger partial charge in [0.25, 0.3) is 5.56 Å². The predicted octanol–water partition coefficient (Wildman–Crippen LogP) is 1.31. The normalized spacial score (nSPS) is 10.4. The largest absolute Gasteiger partial charge is 0.481 e. The number of aromatic nitrogens is 3. The molecule has 5 nitrogen and oxygen atoms in total. The number of methoxy groups -OCH3 is 1. The second kappa shape index (κ2) is 5.00. The molecule has 0 saturated carbocycles. The van der Waals surface area contributed by atoms with E-state index in [1.807, 2.05) is 19.1 Å². The van der Waals surface area contributed by atoms with E-state index < -0.39 is 0 Å². The summed E-state index contributed by atoms with van der Waals surface area (Å²) in [4.78, 5) is 20.2. The predicted molar refractivity (Wildman–Crippen MR) is 67.9 cm³/mol. The van der Waals surface area contributed by atoms with Crippen molar-refractivity contribution in [2.45, 2.75) is 20.4 Å². The first-order chi connectivity index (χ1) is 8.61. The van der Waals surface area contributed by atoms with Gasteiger partial charge in [0.15, 0.2) is 0 Å². The molecule has 2 rings (SSSR count). The summed E-state index contributed by atoms with van der Waals surface area (Å²) in [7, 11) is 1.57. The third kappa shape index (κ3) is 2.40. The summed E-state index contributed by atoms with van der Waals surface area (Å²) >= 11 is 0. The van der Waals surface area contributed by atoms with E-state index in [9.17, 15) is 4.79 Å². The molecule has 0 aliphatic carbocycles. The van der Waals surface area contributed by atoms with Crippen LogP contribution >= 0.6 is 0 Å². The second-order valence-electron chi connectivity index (χ2n) is 4.09. The van der Waals surface area contributed by atoms with E-state index in [1.54, 1.807) is 31.1 Å². The minimum Gasteiger partial charge on any atom is -0.481 e. The molecule has 0 amide bonds. The first kappa shape index (κ1) is 12.3. The molecule has 2 aromatic heterocycles. The van der Waals surface area contributed by atoms with Crippen LogP contribution < -0.4 is 10.3 Å². The zero-order valence-electron chi connectivity index (χ0n) is 10.7. The van der Waals surface area contributed by atoms with E-state index in [2.05, 4.69) is 9.97 Å². The fraction of sp³-hybridized carbons (Fsp3) is 0.308. The Bertz CT molecular complexity index is 620. The van der Waals surface area contributed by atoms with Crippen LogP contribution in [0.25, 0.3) is 0 Å². The minimum atomic E-state index is -0.0155. The van der Waals surface area contributed by atoms with E-state index >= 15 is 0 Å². The van der Waals surface area contributed by atoms with Crippen molar-refractivity contribution in [3.63, 3.8) is 0 Å². The molecule has 2 aromatic rings. The summed E-state index contributed by atoms with van der Waals surface area (Å²) in [6.45, 7) is 4.08. The molecule has 18 heavy (non-hydrogen) atoms. The maximum absolute atomic E-state index is 12.0. The highest BCUT2D eigenvalue weighted by molar-refractivity contribution is 5.21. The van der Waals surface area contributed by atoms with Crippen LogP contribution in [0.2, 0.25) is 0 Å². The highest BCUT2D eigenvalue weighted by Gasteiger charge is 2.05. The fourth-order valence-electron chi connectivity index (χ4n) is 1.65. The van der Waals surface area contributed by atoms with Crippen LogP contribution in [0.15, 0.2) is 29.5 Å². The number of ether oxygens (including phenoxy) is 1. The molecule has 0 spiro atoms. The Balaban J connectivity index is 2.34. The molecule has 0 atom stereocenters. The number of pyridine rings is 1. The number of nitrogens with zero attached hydrogens (tertiary/aromatic N) is 3. The molecule has 0 aliphatic heterocycles. The lowest BCUT2D eigenvalue weighted by molar-refractivity contribution is 0.397. The lowest BCUT2D eigenvalue weighted by atomic mass is 10.2. The van der Waals surface area contributed by atoms with Crippen LogP contribution in [0, 0.1) is 13.8 Å². The molecule has 94 valence electrons. The standard InChI is InChI=1S/C13H15N3O2/c1-9-10(2)15-8-16(13(9)17)7-11-4-5-14-12(6-11)18-3/h4-6,8H,7H2,1-3H3. The number of rotatable bonds is 3. The van der Waals surface area contributed by atoms with Gasteiger partial charge >= 0.3 is 0 Å². The summed E-state index contributed by atoms with van der Waals surface area (Å²) < 4.78 is 6.63. The molecule has 0 bridgehead atoms. The van der Waals surface area contributed by atoms with Crippen molar-refractivity contribution in [2.24, 2.45) is 0 Å². The third-order valence-electron chi connectivity index (χ3n) is 2.88. The van der Waals surface area contributed by atoms with Crippen molar-refractivity contribution < 1.29 is 4.74 Å². The number of hydrogen-bond acceptors (Lipinski definition) is 4. The van der Waals surface area contributed by atoms with Crippen LogP contribution in [0.1, 0.15) is 16.8 Å². The van der Waals surface area contributed by atoms with Crippen LogP contribution in [0.3, 0.4) is 0 Å². The van der Waals surface area contributed by atoms with Gasteiger partial charge in [-0.05, 0) is 25.5 Å². The molecule has 0 fully saturated rings. The topological polar surface area (TPSA) is 57.0 Å². The molecule has 0 unspecified atom stereocenters. The number of hydrogen-bond donors (Lipinski definition) is 0. The van der Waals surface area contributed by atoms with Crippen molar-refractivity contribution in [1.82, 2.24) is 14.5 Å². The van der Waals surface area contributed by atoms with Gasteiger partial charge in [-0.1, -0.05) is 0 Å². The Morgan fingerprint density at radius 2 is 2.11 bits per heavy atom. The first-order valence-corrected chi connectivity index (χ1v) is 5.63. The zero-order valence-corrected chi connectivity index (χ0v) is 10.7. The quantitative estimate of drug-likeness (QED) is 0.818. The summed E-state index contributed by atoms with van der Waals surface area (Å²) in [5.74, 6) is 0.539. The van der Waals surface area contributed by atoms with Gasteiger partial charge in [-0.25, -0.2) is 9.97 Å². The zero-order chi connectivity index (χ0) is 13.1. The summed E-state index contributed by atoms with van der Waals surface area (Å²) in [6, 6.07) is 3.66. The summed E-state index contributed by atoms with van der Waals surface area (Å²) in [5.41, 5.74) is 2.38. The number of aryl methyl sites for hydroxylation is 1. The Kier molecular flexibility index (Phi) is 3.41. The van der Waals surface area contributed by atoms with Crippen molar-refractivity contribution in [1.29, 1.82) is 0 Å². The van der Waals surface area contributed by atoms with Gasteiger partial charge in [0, 0.05) is 23.5 Å². The second-order valence-corrected chi connectivity index (χ2v) is 4.09. The van der Waals surface area contributed by atoms with E-state index in [-0.39, 0.29) is 5.56 Å². The van der Waals surface area contributed by atoms with Crippen molar-refractivity contribution in [2.75, 3.05) is 7.11 Å². The maximum Gasteiger partial charge on any atom is 0.256 e. The van der Waals surface area contributed by atoms with Crippen molar-refractivity contribution in [3.8, 4) is 5.88 Å². The summed E-state index contributed by atoms with van der Waals surface area (Å²) in [6.07, 6.45) is 3.23. The Labute approximate surface area is 105 Å². The van der Waals surface area contributed by atoms with Gasteiger partial charge in [-0.15, -0.1) is 0 Å². The van der Waals surface area contributed by atoms with E-state index in [0.717, 1.165) is 11.3 Å². The van der Waals surface area contributed by atoms with Gasteiger partial charge in [0.05, 0.1) is 20.0 Å². The molecular weight excluding hydrogens is 230 g/mol. The Hall–Kier alpha value is -2.17. The molecule has 0 aromatic carbocycles. The third-order valence-corrected chi connectivity index (χ3v) is 2.88. The maximum atomic E-state index is 12.0. The molecule has 2 heterocycles. The lowest BCUT2D eigenvalue weighted by Gasteiger charge is -2.08. The Morgan fingerprint density at radius 1 is 1.33 bits per heavy atom. The van der Waals surface area contributed by atoms with Crippen LogP contribution in [0.5, 0.6) is 5.88 Å². The molecule has 0 radical (unpaired) electrons. The highest BCUT2D eigenvalue weighted by Crippen LogP contribution is 2.09. The highest BCUT2D eigenvalue weighted by atomic mass is 16.5. The van der Waals surface area contributed by atoms with Crippen LogP contribution in [-0.4, -0.2) is 21.6 Å². The Morgan fingerprint density at radius 3 is 2.83 bits per heavy atom. The van der Waals surface area contributed by atoms with Gasteiger partial charge in [-0.2, -0.15) is 0 Å². The van der Waals surface area contributed by atoms with Gasteiger partial charge < -0.3 is 4.74 Å². The van der Waals surface area contributed by atoms with Crippen molar-refractivity contribution >= 4 is 0 Å². The van der Waals surface area contributed by atoms with Crippen LogP contribution in [-0.2, 0) is 6.54 Å². The molecule has 0 N–H and O–H groups in total. The smallest absolute Gasteiger partial charge is 0.256 e. The molecule has 0 saturated heterocycles. The first-order valence-electron chi connectivity index (χ1n) is 5.63.